The number of morpholine rings is 1. The molecule has 2 aromatic heterocycles. The second-order valence-electron chi connectivity index (χ2n) is 5.99. The fourth-order valence-corrected chi connectivity index (χ4v) is 3.71. The zero-order chi connectivity index (χ0) is 16.9. The first-order valence-electron chi connectivity index (χ1n) is 8.62. The van der Waals surface area contributed by atoms with Crippen molar-refractivity contribution in [3.8, 4) is 10.9 Å². The normalized spacial score (nSPS) is 15.7. The SMILES string of the molecule is c1ccc2sc(-c3nnc(NCCCCN4CCOCC4)o3)nc2c1. The summed E-state index contributed by atoms with van der Waals surface area (Å²) >= 11 is 1.56. The number of hydrogen-bond acceptors (Lipinski definition) is 8. The van der Waals surface area contributed by atoms with E-state index in [2.05, 4.69) is 25.4 Å². The Labute approximate surface area is 150 Å². The van der Waals surface area contributed by atoms with Gasteiger partial charge in [0.2, 0.25) is 0 Å². The van der Waals surface area contributed by atoms with Crippen LogP contribution in [-0.4, -0.2) is 59.5 Å². The number of ether oxygens (including phenoxy) is 1. The minimum Gasteiger partial charge on any atom is -0.401 e. The maximum absolute atomic E-state index is 5.68. The molecule has 1 fully saturated rings. The molecule has 0 amide bonds. The number of para-hydroxylation sites is 1. The van der Waals surface area contributed by atoms with Gasteiger partial charge in [0.25, 0.3) is 5.89 Å². The number of thiazole rings is 1. The predicted molar refractivity (Wildman–Crippen MR) is 97.9 cm³/mol. The number of rotatable bonds is 7. The Bertz CT molecular complexity index is 779. The van der Waals surface area contributed by atoms with Crippen LogP contribution in [0.25, 0.3) is 21.1 Å². The molecule has 0 unspecified atom stereocenters. The highest BCUT2D eigenvalue weighted by Crippen LogP contribution is 2.29. The minimum absolute atomic E-state index is 0.459. The van der Waals surface area contributed by atoms with Gasteiger partial charge in [-0.1, -0.05) is 17.2 Å². The van der Waals surface area contributed by atoms with Gasteiger partial charge in [-0.2, -0.15) is 0 Å². The first-order chi connectivity index (χ1) is 12.4. The summed E-state index contributed by atoms with van der Waals surface area (Å²) in [5, 5.41) is 12.1. The molecule has 132 valence electrons. The molecule has 8 heteroatoms. The number of nitrogens with one attached hydrogen (secondary N) is 1. The fraction of sp³-hybridized carbons (Fsp3) is 0.471. The molecule has 0 spiro atoms. The molecule has 3 aromatic rings. The molecule has 1 saturated heterocycles. The van der Waals surface area contributed by atoms with Crippen LogP contribution in [-0.2, 0) is 4.74 Å². The van der Waals surface area contributed by atoms with Crippen molar-refractivity contribution in [2.24, 2.45) is 0 Å². The topological polar surface area (TPSA) is 76.3 Å². The van der Waals surface area contributed by atoms with Crippen LogP contribution in [0.15, 0.2) is 28.7 Å². The zero-order valence-corrected chi connectivity index (χ0v) is 14.8. The van der Waals surface area contributed by atoms with Crippen molar-refractivity contribution >= 4 is 27.6 Å². The van der Waals surface area contributed by atoms with E-state index in [1.165, 1.54) is 0 Å². The molecule has 0 radical (unpaired) electrons. The lowest BCUT2D eigenvalue weighted by Gasteiger charge is -2.26. The molecule has 1 aliphatic rings. The van der Waals surface area contributed by atoms with Crippen LogP contribution in [0.5, 0.6) is 0 Å². The Morgan fingerprint density at radius 1 is 1.12 bits per heavy atom. The Balaban J connectivity index is 1.25. The maximum Gasteiger partial charge on any atom is 0.315 e. The van der Waals surface area contributed by atoms with Crippen molar-refractivity contribution in [3.63, 3.8) is 0 Å². The van der Waals surface area contributed by atoms with Gasteiger partial charge in [0.1, 0.15) is 0 Å². The van der Waals surface area contributed by atoms with E-state index in [4.69, 9.17) is 9.15 Å². The van der Waals surface area contributed by atoms with Gasteiger partial charge >= 0.3 is 6.01 Å². The zero-order valence-electron chi connectivity index (χ0n) is 14.0. The molecule has 25 heavy (non-hydrogen) atoms. The summed E-state index contributed by atoms with van der Waals surface area (Å²) in [4.78, 5) is 6.98. The molecule has 4 rings (SSSR count). The minimum atomic E-state index is 0.459. The number of nitrogens with zero attached hydrogens (tertiary/aromatic N) is 4. The van der Waals surface area contributed by atoms with Crippen LogP contribution in [0.3, 0.4) is 0 Å². The molecule has 3 heterocycles. The van der Waals surface area contributed by atoms with Crippen LogP contribution in [0.1, 0.15) is 12.8 Å². The van der Waals surface area contributed by atoms with Crippen LogP contribution in [0.2, 0.25) is 0 Å². The third-order valence-corrected chi connectivity index (χ3v) is 5.21. The van der Waals surface area contributed by atoms with E-state index in [0.717, 1.165) is 67.5 Å². The van der Waals surface area contributed by atoms with Crippen LogP contribution < -0.4 is 5.32 Å². The van der Waals surface area contributed by atoms with Gasteiger partial charge in [-0.15, -0.1) is 16.4 Å². The van der Waals surface area contributed by atoms with Gasteiger partial charge in [0.05, 0.1) is 23.4 Å². The van der Waals surface area contributed by atoms with Gasteiger partial charge in [-0.25, -0.2) is 4.98 Å². The summed E-state index contributed by atoms with van der Waals surface area (Å²) in [6.07, 6.45) is 2.21. The molecule has 0 bridgehead atoms. The number of anilines is 1. The summed E-state index contributed by atoms with van der Waals surface area (Å²) in [5.41, 5.74) is 0.957. The number of aromatic nitrogens is 3. The third kappa shape index (κ3) is 4.15. The maximum atomic E-state index is 5.68. The van der Waals surface area contributed by atoms with E-state index in [9.17, 15) is 0 Å². The summed E-state index contributed by atoms with van der Waals surface area (Å²) in [6, 6.07) is 8.46. The van der Waals surface area contributed by atoms with Crippen LogP contribution >= 0.6 is 11.3 Å². The number of unbranched alkanes of at least 4 members (excludes halogenated alkanes) is 1. The number of hydrogen-bond donors (Lipinski definition) is 1. The Morgan fingerprint density at radius 3 is 2.88 bits per heavy atom. The van der Waals surface area contributed by atoms with Crippen molar-refractivity contribution in [1.29, 1.82) is 0 Å². The third-order valence-electron chi connectivity index (χ3n) is 4.18. The number of fused-ring (bicyclic) bond motifs is 1. The summed E-state index contributed by atoms with van der Waals surface area (Å²) < 4.78 is 12.2. The van der Waals surface area contributed by atoms with Crippen LogP contribution in [0, 0.1) is 0 Å². The summed E-state index contributed by atoms with van der Waals surface area (Å²) in [6.45, 7) is 5.74. The van der Waals surface area contributed by atoms with Crippen molar-refractivity contribution in [2.75, 3.05) is 44.7 Å². The summed E-state index contributed by atoms with van der Waals surface area (Å²) in [5.74, 6) is 0.469. The summed E-state index contributed by atoms with van der Waals surface area (Å²) in [7, 11) is 0. The Kier molecular flexibility index (Phi) is 5.19. The molecule has 7 nitrogen and oxygen atoms in total. The molecule has 1 aliphatic heterocycles. The van der Waals surface area contributed by atoms with Gasteiger partial charge in [0, 0.05) is 19.6 Å². The largest absolute Gasteiger partial charge is 0.401 e. The van der Waals surface area contributed by atoms with Gasteiger partial charge < -0.3 is 14.5 Å². The molecule has 0 atom stereocenters. The van der Waals surface area contributed by atoms with E-state index in [1.807, 2.05) is 24.3 Å². The lowest BCUT2D eigenvalue weighted by atomic mass is 10.3. The van der Waals surface area contributed by atoms with E-state index < -0.39 is 0 Å². The van der Waals surface area contributed by atoms with Gasteiger partial charge in [-0.3, -0.25) is 4.90 Å². The molecule has 0 aliphatic carbocycles. The lowest BCUT2D eigenvalue weighted by molar-refractivity contribution is 0.0373. The monoisotopic (exact) mass is 359 g/mol. The second-order valence-corrected chi connectivity index (χ2v) is 7.02. The van der Waals surface area contributed by atoms with Gasteiger partial charge in [-0.05, 0) is 31.5 Å². The highest BCUT2D eigenvalue weighted by molar-refractivity contribution is 7.21. The Morgan fingerprint density at radius 2 is 2.00 bits per heavy atom. The van der Waals surface area contributed by atoms with Gasteiger partial charge in [0.15, 0.2) is 5.01 Å². The molecular formula is C17H21N5O2S. The molecular weight excluding hydrogens is 338 g/mol. The highest BCUT2D eigenvalue weighted by atomic mass is 32.1. The highest BCUT2D eigenvalue weighted by Gasteiger charge is 2.13. The lowest BCUT2D eigenvalue weighted by Crippen LogP contribution is -2.36. The fourth-order valence-electron chi connectivity index (χ4n) is 2.83. The smallest absolute Gasteiger partial charge is 0.315 e. The van der Waals surface area contributed by atoms with Crippen LogP contribution in [0.4, 0.5) is 6.01 Å². The molecule has 1 N–H and O–H groups in total. The average molecular weight is 359 g/mol. The van der Waals surface area contributed by atoms with E-state index >= 15 is 0 Å². The quantitative estimate of drug-likeness (QED) is 0.650. The molecule has 0 saturated carbocycles. The van der Waals surface area contributed by atoms with Crippen molar-refractivity contribution in [3.05, 3.63) is 24.3 Å². The number of benzene rings is 1. The average Bonchev–Trinajstić information content (AvgIpc) is 3.29. The first-order valence-corrected chi connectivity index (χ1v) is 9.43. The van der Waals surface area contributed by atoms with E-state index in [0.29, 0.717) is 11.9 Å². The Hall–Kier alpha value is -2.03. The molecule has 1 aromatic carbocycles. The standard InChI is InChI=1S/C17H21N5O2S/c1-2-6-14-13(5-1)19-16(25-14)15-20-21-17(24-15)18-7-3-4-8-22-9-11-23-12-10-22/h1-2,5-6H,3-4,7-12H2,(H,18,21). The van der Waals surface area contributed by atoms with Crippen molar-refractivity contribution in [1.82, 2.24) is 20.1 Å². The predicted octanol–water partition coefficient (Wildman–Crippen LogP) is 2.87. The second kappa shape index (κ2) is 7.90. The first kappa shape index (κ1) is 16.4. The van der Waals surface area contributed by atoms with Crippen molar-refractivity contribution in [2.45, 2.75) is 12.8 Å². The van der Waals surface area contributed by atoms with E-state index in [-0.39, 0.29) is 0 Å². The van der Waals surface area contributed by atoms with E-state index in [1.54, 1.807) is 11.3 Å². The van der Waals surface area contributed by atoms with Crippen molar-refractivity contribution < 1.29 is 9.15 Å².